The number of aryl methyl sites for hydroxylation is 2. The molecule has 0 aliphatic rings. The number of nitrogens with zero attached hydrogens (tertiary/aromatic N) is 4. The van der Waals surface area contributed by atoms with Gasteiger partial charge in [0.05, 0.1) is 12.2 Å². The lowest BCUT2D eigenvalue weighted by Crippen LogP contribution is -2.17. The average molecular weight is 262 g/mol. The molecule has 5 heteroatoms. The zero-order valence-electron chi connectivity index (χ0n) is 11.1. The highest BCUT2D eigenvalue weighted by atomic mass is 32.1. The molecule has 0 aliphatic carbocycles. The van der Waals surface area contributed by atoms with Gasteiger partial charge in [0.2, 0.25) is 0 Å². The maximum atomic E-state index is 4.46. The van der Waals surface area contributed by atoms with Crippen molar-refractivity contribution in [1.82, 2.24) is 20.1 Å². The molecule has 0 amide bonds. The quantitative estimate of drug-likeness (QED) is 0.830. The fourth-order valence-corrected chi connectivity index (χ4v) is 2.51. The van der Waals surface area contributed by atoms with Crippen LogP contribution in [0.1, 0.15) is 28.2 Å². The molecule has 18 heavy (non-hydrogen) atoms. The molecule has 0 radical (unpaired) electrons. The normalized spacial score (nSPS) is 11.1. The Kier molecular flexibility index (Phi) is 4.38. The van der Waals surface area contributed by atoms with Gasteiger partial charge in [0, 0.05) is 12.7 Å². The Bertz CT molecular complexity index is 492. The summed E-state index contributed by atoms with van der Waals surface area (Å²) in [6.45, 7) is 5.78. The summed E-state index contributed by atoms with van der Waals surface area (Å²) in [7, 11) is 2.08. The van der Waals surface area contributed by atoms with Gasteiger partial charge in [-0.05, 0) is 32.0 Å². The van der Waals surface area contributed by atoms with Crippen LogP contribution in [0, 0.1) is 6.92 Å². The summed E-state index contributed by atoms with van der Waals surface area (Å²) < 4.78 is 0. The topological polar surface area (TPSA) is 41.9 Å². The lowest BCUT2D eigenvalue weighted by molar-refractivity contribution is 0.313. The molecule has 2 rings (SSSR count). The first-order chi connectivity index (χ1) is 8.67. The highest BCUT2D eigenvalue weighted by Crippen LogP contribution is 2.11. The second-order valence-corrected chi connectivity index (χ2v) is 5.66. The maximum absolute atomic E-state index is 4.46. The number of aromatic nitrogens is 3. The van der Waals surface area contributed by atoms with Crippen LogP contribution in [0.3, 0.4) is 0 Å². The van der Waals surface area contributed by atoms with E-state index in [-0.39, 0.29) is 0 Å². The Labute approximate surface area is 112 Å². The van der Waals surface area contributed by atoms with Crippen molar-refractivity contribution < 1.29 is 0 Å². The van der Waals surface area contributed by atoms with Crippen molar-refractivity contribution in [3.05, 3.63) is 39.6 Å². The van der Waals surface area contributed by atoms with Crippen LogP contribution in [0.4, 0.5) is 0 Å². The van der Waals surface area contributed by atoms with Gasteiger partial charge in [0.15, 0.2) is 0 Å². The van der Waals surface area contributed by atoms with Crippen LogP contribution >= 0.6 is 11.3 Å². The van der Waals surface area contributed by atoms with Gasteiger partial charge in [0.25, 0.3) is 0 Å². The van der Waals surface area contributed by atoms with E-state index >= 15 is 0 Å². The molecule has 0 bridgehead atoms. The minimum atomic E-state index is 0.822. The number of rotatable bonds is 5. The summed E-state index contributed by atoms with van der Waals surface area (Å²) in [5, 5.41) is 10.2. The zero-order chi connectivity index (χ0) is 13.0. The van der Waals surface area contributed by atoms with Gasteiger partial charge in [-0.15, -0.1) is 21.5 Å². The Morgan fingerprint density at radius 2 is 2.06 bits per heavy atom. The molecule has 0 N–H and O–H groups in total. The Hall–Kier alpha value is -1.33. The first-order valence-electron chi connectivity index (χ1n) is 6.08. The molecule has 0 unspecified atom stereocenters. The predicted molar refractivity (Wildman–Crippen MR) is 73.4 cm³/mol. The van der Waals surface area contributed by atoms with Crippen LogP contribution in [0.5, 0.6) is 0 Å². The molecular weight excluding hydrogens is 244 g/mol. The first kappa shape index (κ1) is 13.1. The van der Waals surface area contributed by atoms with E-state index in [1.165, 1.54) is 5.56 Å². The van der Waals surface area contributed by atoms with Gasteiger partial charge in [-0.25, -0.2) is 0 Å². The molecule has 4 nitrogen and oxygen atoms in total. The van der Waals surface area contributed by atoms with Crippen LogP contribution in [0.2, 0.25) is 0 Å². The van der Waals surface area contributed by atoms with Crippen LogP contribution in [-0.2, 0) is 19.5 Å². The van der Waals surface area contributed by atoms with Gasteiger partial charge in [-0.3, -0.25) is 9.88 Å². The molecule has 2 aromatic rings. The first-order valence-corrected chi connectivity index (χ1v) is 6.90. The van der Waals surface area contributed by atoms with E-state index in [9.17, 15) is 0 Å². The lowest BCUT2D eigenvalue weighted by atomic mass is 10.2. The number of pyridine rings is 1. The summed E-state index contributed by atoms with van der Waals surface area (Å²) in [5.41, 5.74) is 2.37. The van der Waals surface area contributed by atoms with Gasteiger partial charge < -0.3 is 0 Å². The SMILES string of the molecule is CCc1ccc(CN(C)Cc2nnc(C)s2)nc1. The third-order valence-electron chi connectivity index (χ3n) is 2.70. The van der Waals surface area contributed by atoms with Crippen molar-refractivity contribution in [2.45, 2.75) is 33.4 Å². The second kappa shape index (κ2) is 6.02. The zero-order valence-corrected chi connectivity index (χ0v) is 11.9. The van der Waals surface area contributed by atoms with Crippen molar-refractivity contribution in [3.63, 3.8) is 0 Å². The van der Waals surface area contributed by atoms with Crippen molar-refractivity contribution in [3.8, 4) is 0 Å². The summed E-state index contributed by atoms with van der Waals surface area (Å²) in [4.78, 5) is 6.66. The molecule has 0 saturated heterocycles. The minimum absolute atomic E-state index is 0.822. The molecule has 0 fully saturated rings. The van der Waals surface area contributed by atoms with E-state index in [1.807, 2.05) is 13.1 Å². The highest BCUT2D eigenvalue weighted by Gasteiger charge is 2.06. The third kappa shape index (κ3) is 3.58. The van der Waals surface area contributed by atoms with Crippen LogP contribution < -0.4 is 0 Å². The Balaban J connectivity index is 1.91. The van der Waals surface area contributed by atoms with Crippen molar-refractivity contribution in [2.75, 3.05) is 7.05 Å². The monoisotopic (exact) mass is 262 g/mol. The largest absolute Gasteiger partial charge is 0.294 e. The molecule has 0 spiro atoms. The van der Waals surface area contributed by atoms with Crippen LogP contribution in [-0.4, -0.2) is 27.1 Å². The van der Waals surface area contributed by atoms with Crippen molar-refractivity contribution in [2.24, 2.45) is 0 Å². The lowest BCUT2D eigenvalue weighted by Gasteiger charge is -2.14. The molecule has 0 aromatic carbocycles. The number of hydrogen-bond acceptors (Lipinski definition) is 5. The predicted octanol–water partition coefficient (Wildman–Crippen LogP) is 2.44. The Morgan fingerprint density at radius 3 is 2.61 bits per heavy atom. The molecule has 0 saturated carbocycles. The summed E-state index contributed by atoms with van der Waals surface area (Å²) in [5.74, 6) is 0. The van der Waals surface area contributed by atoms with Gasteiger partial charge in [-0.1, -0.05) is 13.0 Å². The van der Waals surface area contributed by atoms with E-state index in [4.69, 9.17) is 0 Å². The highest BCUT2D eigenvalue weighted by molar-refractivity contribution is 7.11. The van der Waals surface area contributed by atoms with Crippen molar-refractivity contribution >= 4 is 11.3 Å². The van der Waals surface area contributed by atoms with Gasteiger partial charge >= 0.3 is 0 Å². The summed E-state index contributed by atoms with van der Waals surface area (Å²) >= 11 is 1.65. The average Bonchev–Trinajstić information content (AvgIpc) is 2.75. The second-order valence-electron chi connectivity index (χ2n) is 4.40. The minimum Gasteiger partial charge on any atom is -0.294 e. The van der Waals surface area contributed by atoms with Crippen LogP contribution in [0.15, 0.2) is 18.3 Å². The fraction of sp³-hybridized carbons (Fsp3) is 0.462. The summed E-state index contributed by atoms with van der Waals surface area (Å²) in [6.07, 6.45) is 2.99. The number of hydrogen-bond donors (Lipinski definition) is 0. The Morgan fingerprint density at radius 1 is 1.22 bits per heavy atom. The molecule has 96 valence electrons. The van der Waals surface area contributed by atoms with Crippen molar-refractivity contribution in [1.29, 1.82) is 0 Å². The maximum Gasteiger partial charge on any atom is 0.131 e. The van der Waals surface area contributed by atoms with Gasteiger partial charge in [0.1, 0.15) is 10.0 Å². The van der Waals surface area contributed by atoms with E-state index in [0.717, 1.165) is 35.2 Å². The van der Waals surface area contributed by atoms with E-state index in [2.05, 4.69) is 46.2 Å². The van der Waals surface area contributed by atoms with Gasteiger partial charge in [-0.2, -0.15) is 0 Å². The summed E-state index contributed by atoms with van der Waals surface area (Å²) in [6, 6.07) is 4.24. The molecule has 0 aliphatic heterocycles. The van der Waals surface area contributed by atoms with E-state index in [0.29, 0.717) is 0 Å². The molecule has 2 heterocycles. The van der Waals surface area contributed by atoms with E-state index < -0.39 is 0 Å². The molecule has 0 atom stereocenters. The molecule has 2 aromatic heterocycles. The standard InChI is InChI=1S/C13H18N4S/c1-4-11-5-6-12(14-7-11)8-17(3)9-13-16-15-10(2)18-13/h5-7H,4,8-9H2,1-3H3. The smallest absolute Gasteiger partial charge is 0.131 e. The van der Waals surface area contributed by atoms with E-state index in [1.54, 1.807) is 11.3 Å². The van der Waals surface area contributed by atoms with Crippen LogP contribution in [0.25, 0.3) is 0 Å². The fourth-order valence-electron chi connectivity index (χ4n) is 1.72. The molecular formula is C13H18N4S. The third-order valence-corrected chi connectivity index (χ3v) is 3.52.